The van der Waals surface area contributed by atoms with Crippen LogP contribution in [0.2, 0.25) is 0 Å². The molecule has 1 aliphatic heterocycles. The Morgan fingerprint density at radius 1 is 1.61 bits per heavy atom. The average molecular weight is 290 g/mol. The van der Waals surface area contributed by atoms with E-state index < -0.39 is 10.0 Å². The molecule has 18 heavy (non-hydrogen) atoms. The van der Waals surface area contributed by atoms with Gasteiger partial charge in [0.25, 0.3) is 0 Å². The molecule has 0 aliphatic carbocycles. The van der Waals surface area contributed by atoms with E-state index in [2.05, 4.69) is 9.62 Å². The third-order valence-corrected chi connectivity index (χ3v) is 6.34. The van der Waals surface area contributed by atoms with Crippen molar-refractivity contribution >= 4 is 21.4 Å². The lowest BCUT2D eigenvalue weighted by molar-refractivity contribution is 0.285. The number of sulfonamides is 1. The van der Waals surface area contributed by atoms with E-state index >= 15 is 0 Å². The Kier molecular flexibility index (Phi) is 4.08. The fraction of sp³-hybridized carbons (Fsp3) is 0.636. The first-order valence-corrected chi connectivity index (χ1v) is 8.13. The second-order valence-corrected chi connectivity index (χ2v) is 7.78. The third kappa shape index (κ3) is 2.92. The number of aliphatic hydroxyl groups is 1. The predicted molar refractivity (Wildman–Crippen MR) is 71.2 cm³/mol. The van der Waals surface area contributed by atoms with Crippen molar-refractivity contribution in [3.05, 3.63) is 16.5 Å². The summed E-state index contributed by atoms with van der Waals surface area (Å²) in [4.78, 5) is 2.81. The quantitative estimate of drug-likeness (QED) is 0.849. The third-order valence-electron chi connectivity index (χ3n) is 3.12. The van der Waals surface area contributed by atoms with Gasteiger partial charge >= 0.3 is 0 Å². The zero-order valence-electron chi connectivity index (χ0n) is 10.5. The summed E-state index contributed by atoms with van der Waals surface area (Å²) in [6, 6.07) is 1.61. The molecule has 2 heterocycles. The first-order chi connectivity index (χ1) is 8.42. The number of nitrogens with one attached hydrogen (secondary N) is 1. The van der Waals surface area contributed by atoms with Crippen molar-refractivity contribution in [1.29, 1.82) is 0 Å². The summed E-state index contributed by atoms with van der Waals surface area (Å²) >= 11 is 1.14. The van der Waals surface area contributed by atoms with Gasteiger partial charge in [0, 0.05) is 17.5 Å². The average Bonchev–Trinajstić information content (AvgIpc) is 2.84. The lowest BCUT2D eigenvalue weighted by atomic mass is 10.3. The van der Waals surface area contributed by atoms with Crippen molar-refractivity contribution in [2.45, 2.75) is 30.2 Å². The van der Waals surface area contributed by atoms with Gasteiger partial charge in [-0.2, -0.15) is 0 Å². The molecule has 5 nitrogen and oxygen atoms in total. The van der Waals surface area contributed by atoms with Gasteiger partial charge in [0.1, 0.15) is 4.21 Å². The maximum Gasteiger partial charge on any atom is 0.250 e. The number of nitrogens with zero attached hydrogens (tertiary/aromatic N) is 1. The van der Waals surface area contributed by atoms with E-state index in [1.54, 1.807) is 6.07 Å². The van der Waals surface area contributed by atoms with Crippen LogP contribution in [0.5, 0.6) is 0 Å². The van der Waals surface area contributed by atoms with Gasteiger partial charge in [-0.25, -0.2) is 13.1 Å². The van der Waals surface area contributed by atoms with Gasteiger partial charge in [-0.1, -0.05) is 0 Å². The van der Waals surface area contributed by atoms with Gasteiger partial charge in [-0.3, -0.25) is 0 Å². The lowest BCUT2D eigenvalue weighted by Crippen LogP contribution is -2.36. The van der Waals surface area contributed by atoms with Crippen LogP contribution >= 0.6 is 11.3 Å². The van der Waals surface area contributed by atoms with E-state index in [4.69, 9.17) is 5.11 Å². The van der Waals surface area contributed by atoms with Crippen molar-refractivity contribution in [2.24, 2.45) is 0 Å². The fourth-order valence-corrected chi connectivity index (χ4v) is 4.81. The van der Waals surface area contributed by atoms with Gasteiger partial charge in [-0.15, -0.1) is 11.3 Å². The van der Waals surface area contributed by atoms with Gasteiger partial charge in [-0.05, 0) is 38.6 Å². The molecule has 1 fully saturated rings. The molecule has 1 atom stereocenters. The first-order valence-electron chi connectivity index (χ1n) is 5.83. The number of aliphatic hydroxyl groups excluding tert-OH is 1. The molecule has 2 N–H and O–H groups in total. The Balaban J connectivity index is 2.15. The summed E-state index contributed by atoms with van der Waals surface area (Å²) in [7, 11) is -1.47. The number of likely N-dealkylation sites (N-methyl/N-ethyl adjacent to an activating group) is 1. The van der Waals surface area contributed by atoms with Crippen LogP contribution in [0.3, 0.4) is 0 Å². The summed E-state index contributed by atoms with van der Waals surface area (Å²) < 4.78 is 27.4. The van der Waals surface area contributed by atoms with E-state index in [9.17, 15) is 8.42 Å². The monoisotopic (exact) mass is 290 g/mol. The largest absolute Gasteiger partial charge is 0.391 e. The molecular weight excluding hydrogens is 272 g/mol. The van der Waals surface area contributed by atoms with Crippen LogP contribution in [0.4, 0.5) is 0 Å². The van der Waals surface area contributed by atoms with Crippen molar-refractivity contribution in [3.8, 4) is 0 Å². The molecule has 102 valence electrons. The maximum absolute atomic E-state index is 12.2. The van der Waals surface area contributed by atoms with Crippen molar-refractivity contribution < 1.29 is 13.5 Å². The maximum atomic E-state index is 12.2. The Hall–Kier alpha value is -0.470. The molecule has 0 amide bonds. The Morgan fingerprint density at radius 2 is 2.33 bits per heavy atom. The molecule has 0 spiro atoms. The van der Waals surface area contributed by atoms with Crippen LogP contribution in [0.1, 0.15) is 16.9 Å². The van der Waals surface area contributed by atoms with Crippen molar-refractivity contribution in [2.75, 3.05) is 20.1 Å². The van der Waals surface area contributed by atoms with Gasteiger partial charge in [0.15, 0.2) is 0 Å². The zero-order valence-corrected chi connectivity index (χ0v) is 12.1. The van der Waals surface area contributed by atoms with E-state index in [0.29, 0.717) is 9.09 Å². The smallest absolute Gasteiger partial charge is 0.250 e. The van der Waals surface area contributed by atoms with Crippen LogP contribution in [0, 0.1) is 6.92 Å². The van der Waals surface area contributed by atoms with Gasteiger partial charge in [0.2, 0.25) is 10.0 Å². The van der Waals surface area contributed by atoms with Crippen LogP contribution in [0.25, 0.3) is 0 Å². The summed E-state index contributed by atoms with van der Waals surface area (Å²) in [6.07, 6.45) is 0.840. The molecule has 1 saturated heterocycles. The van der Waals surface area contributed by atoms with Crippen molar-refractivity contribution in [3.63, 3.8) is 0 Å². The second kappa shape index (κ2) is 5.26. The highest BCUT2D eigenvalue weighted by Crippen LogP contribution is 2.26. The summed E-state index contributed by atoms with van der Waals surface area (Å²) in [6.45, 7) is 3.36. The number of thiophene rings is 1. The molecule has 1 unspecified atom stereocenters. The van der Waals surface area contributed by atoms with E-state index in [1.165, 1.54) is 0 Å². The summed E-state index contributed by atoms with van der Waals surface area (Å²) in [5, 5.41) is 9.10. The Morgan fingerprint density at radius 3 is 2.83 bits per heavy atom. The summed E-state index contributed by atoms with van der Waals surface area (Å²) in [5.74, 6) is 0. The number of rotatable bonds is 4. The SMILES string of the molecule is Cc1cc(S(=O)(=O)NC2CCN(C)C2)sc1CO. The van der Waals surface area contributed by atoms with Crippen molar-refractivity contribution in [1.82, 2.24) is 9.62 Å². The van der Waals surface area contributed by atoms with Crippen LogP contribution in [-0.2, 0) is 16.6 Å². The molecule has 2 rings (SSSR count). The minimum Gasteiger partial charge on any atom is -0.391 e. The topological polar surface area (TPSA) is 69.6 Å². The highest BCUT2D eigenvalue weighted by molar-refractivity contribution is 7.91. The lowest BCUT2D eigenvalue weighted by Gasteiger charge is -2.12. The molecule has 0 bridgehead atoms. The molecule has 1 aromatic heterocycles. The van der Waals surface area contributed by atoms with E-state index in [0.717, 1.165) is 36.4 Å². The highest BCUT2D eigenvalue weighted by atomic mass is 32.2. The van der Waals surface area contributed by atoms with Gasteiger partial charge < -0.3 is 10.0 Å². The summed E-state index contributed by atoms with van der Waals surface area (Å²) in [5.41, 5.74) is 0.825. The second-order valence-electron chi connectivity index (χ2n) is 4.70. The minimum atomic E-state index is -3.45. The minimum absolute atomic E-state index is 0.0139. The molecule has 7 heteroatoms. The van der Waals surface area contributed by atoms with E-state index in [-0.39, 0.29) is 12.6 Å². The molecule has 1 aromatic rings. The standard InChI is InChI=1S/C11H18N2O3S2/c1-8-5-11(17-10(8)7-14)18(15,16)12-9-3-4-13(2)6-9/h5,9,12,14H,3-4,6-7H2,1-2H3. The van der Waals surface area contributed by atoms with Crippen LogP contribution < -0.4 is 4.72 Å². The van der Waals surface area contributed by atoms with Gasteiger partial charge in [0.05, 0.1) is 6.61 Å². The van der Waals surface area contributed by atoms with Crippen LogP contribution in [-0.4, -0.2) is 44.6 Å². The number of aryl methyl sites for hydroxylation is 1. The Labute approximate surface area is 111 Å². The molecule has 0 saturated carbocycles. The molecule has 0 aromatic carbocycles. The van der Waals surface area contributed by atoms with Crippen LogP contribution in [0.15, 0.2) is 10.3 Å². The highest BCUT2D eigenvalue weighted by Gasteiger charge is 2.26. The molecule has 1 aliphatic rings. The predicted octanol–water partition coefficient (Wildman–Crippen LogP) is 0.531. The fourth-order valence-electron chi connectivity index (χ4n) is 2.09. The molecular formula is C11H18N2O3S2. The normalized spacial score (nSPS) is 21.6. The number of likely N-dealkylation sites (tertiary alicyclic amines) is 1. The number of hydrogen-bond donors (Lipinski definition) is 2. The van der Waals surface area contributed by atoms with E-state index in [1.807, 2.05) is 14.0 Å². The molecule has 0 radical (unpaired) electrons. The Bertz CT molecular complexity index is 524. The number of hydrogen-bond acceptors (Lipinski definition) is 5. The first kappa shape index (κ1) is 14.0. The zero-order chi connectivity index (χ0) is 13.3.